The van der Waals surface area contributed by atoms with Crippen LogP contribution in [0.15, 0.2) is 69.8 Å². The van der Waals surface area contributed by atoms with E-state index in [1.54, 1.807) is 18.2 Å². The van der Waals surface area contributed by atoms with Crippen LogP contribution in [0.1, 0.15) is 59.7 Å². The molecule has 0 aromatic carbocycles. The van der Waals surface area contributed by atoms with E-state index in [2.05, 4.69) is 45.9 Å². The van der Waals surface area contributed by atoms with Crippen molar-refractivity contribution < 1.29 is 8.78 Å². The van der Waals surface area contributed by atoms with Gasteiger partial charge in [0.05, 0.1) is 12.2 Å². The molecule has 9 heteroatoms. The van der Waals surface area contributed by atoms with E-state index in [0.717, 1.165) is 48.6 Å². The van der Waals surface area contributed by atoms with E-state index in [1.165, 1.54) is 17.8 Å². The van der Waals surface area contributed by atoms with Gasteiger partial charge in [-0.2, -0.15) is 10.1 Å². The summed E-state index contributed by atoms with van der Waals surface area (Å²) in [6, 6.07) is 0. The number of hydrogen-bond donors (Lipinski definition) is 1. The Balaban J connectivity index is 0.00000145. The molecule has 1 aromatic heterocycles. The molecule has 0 aliphatic carbocycles. The third-order valence-corrected chi connectivity index (χ3v) is 5.51. The first-order valence-corrected chi connectivity index (χ1v) is 12.5. The fourth-order valence-corrected chi connectivity index (χ4v) is 3.87. The highest BCUT2D eigenvalue weighted by atomic mass is 19.1. The van der Waals surface area contributed by atoms with Crippen molar-refractivity contribution in [2.24, 2.45) is 16.0 Å². The SMILES string of the molecule is C=C(F)/C(=C\C=C(/C)Nc1nc2n(n1)CCC[C@@H](C(/C=C\CF)=C/C)C2)N1CC(C)=NC=N1.CCC. The first kappa shape index (κ1) is 28.9. The number of hydrazone groups is 1. The Hall–Kier alpha value is -3.36. The quantitative estimate of drug-likeness (QED) is 0.413. The highest BCUT2D eigenvalue weighted by Gasteiger charge is 2.22. The lowest BCUT2D eigenvalue weighted by molar-refractivity contribution is 0.396. The molecule has 2 aliphatic heterocycles. The number of aryl methyl sites for hydroxylation is 1. The summed E-state index contributed by atoms with van der Waals surface area (Å²) in [4.78, 5) is 8.75. The van der Waals surface area contributed by atoms with Crippen LogP contribution in [0.4, 0.5) is 14.7 Å². The molecule has 7 nitrogen and oxygen atoms in total. The number of rotatable bonds is 8. The van der Waals surface area contributed by atoms with Crippen molar-refractivity contribution in [1.29, 1.82) is 0 Å². The van der Waals surface area contributed by atoms with E-state index in [9.17, 15) is 8.78 Å². The molecule has 3 rings (SSSR count). The van der Waals surface area contributed by atoms with Gasteiger partial charge in [0.2, 0.25) is 5.95 Å². The molecule has 0 fully saturated rings. The van der Waals surface area contributed by atoms with Gasteiger partial charge in [0.1, 0.15) is 24.7 Å². The number of fused-ring (bicyclic) bond motifs is 1. The molecule has 0 radical (unpaired) electrons. The van der Waals surface area contributed by atoms with Gasteiger partial charge in [-0.15, -0.1) is 5.10 Å². The lowest BCUT2D eigenvalue weighted by atomic mass is 9.91. The van der Waals surface area contributed by atoms with Crippen LogP contribution >= 0.6 is 0 Å². The van der Waals surface area contributed by atoms with Gasteiger partial charge in [-0.3, -0.25) is 5.01 Å². The molecule has 3 heterocycles. The maximum absolute atomic E-state index is 14.0. The molecule has 1 atom stereocenters. The first-order valence-electron chi connectivity index (χ1n) is 12.5. The van der Waals surface area contributed by atoms with Crippen molar-refractivity contribution in [2.75, 3.05) is 18.5 Å². The molecule has 1 aromatic rings. The van der Waals surface area contributed by atoms with E-state index >= 15 is 0 Å². The van der Waals surface area contributed by atoms with Gasteiger partial charge in [-0.05, 0) is 57.3 Å². The predicted molar refractivity (Wildman–Crippen MR) is 145 cm³/mol. The Bertz CT molecular complexity index is 1060. The first-order chi connectivity index (χ1) is 17.3. The minimum atomic E-state index is -0.578. The summed E-state index contributed by atoms with van der Waals surface area (Å²) >= 11 is 0. The van der Waals surface area contributed by atoms with Crippen LogP contribution in [0.25, 0.3) is 0 Å². The zero-order valence-electron chi connectivity index (χ0n) is 22.1. The fourth-order valence-electron chi connectivity index (χ4n) is 3.87. The summed E-state index contributed by atoms with van der Waals surface area (Å²) in [6.45, 7) is 14.1. The largest absolute Gasteiger partial charge is 0.327 e. The lowest BCUT2D eigenvalue weighted by Crippen LogP contribution is -2.26. The third-order valence-electron chi connectivity index (χ3n) is 5.51. The zero-order chi connectivity index (χ0) is 26.5. The maximum atomic E-state index is 14.0. The molecular weight excluding hydrogens is 460 g/mol. The second kappa shape index (κ2) is 14.9. The number of aromatic nitrogens is 3. The fraction of sp³-hybridized carbons (Fsp3) is 0.481. The molecule has 196 valence electrons. The van der Waals surface area contributed by atoms with E-state index in [1.807, 2.05) is 37.6 Å². The minimum absolute atomic E-state index is 0.262. The van der Waals surface area contributed by atoms with Crippen molar-refractivity contribution in [3.05, 3.63) is 65.6 Å². The molecule has 2 aliphatic rings. The van der Waals surface area contributed by atoms with E-state index in [-0.39, 0.29) is 11.6 Å². The average molecular weight is 500 g/mol. The zero-order valence-corrected chi connectivity index (χ0v) is 22.1. The number of halogens is 2. The molecule has 0 saturated carbocycles. The monoisotopic (exact) mass is 499 g/mol. The Morgan fingerprint density at radius 2 is 2.06 bits per heavy atom. The number of allylic oxidation sites excluding steroid dienone is 8. The summed E-state index contributed by atoms with van der Waals surface area (Å²) in [7, 11) is 0. The molecule has 36 heavy (non-hydrogen) atoms. The van der Waals surface area contributed by atoms with Gasteiger partial charge < -0.3 is 5.32 Å². The maximum Gasteiger partial charge on any atom is 0.246 e. The summed E-state index contributed by atoms with van der Waals surface area (Å²) in [5, 5.41) is 13.4. The highest BCUT2D eigenvalue weighted by Crippen LogP contribution is 2.27. The van der Waals surface area contributed by atoms with Crippen LogP contribution in [-0.4, -0.2) is 45.0 Å². The summed E-state index contributed by atoms with van der Waals surface area (Å²) < 4.78 is 28.5. The van der Waals surface area contributed by atoms with E-state index < -0.39 is 12.5 Å². The van der Waals surface area contributed by atoms with Crippen molar-refractivity contribution in [3.63, 3.8) is 0 Å². The number of anilines is 1. The van der Waals surface area contributed by atoms with Crippen molar-refractivity contribution >= 4 is 18.0 Å². The van der Waals surface area contributed by atoms with E-state index in [4.69, 9.17) is 0 Å². The predicted octanol–water partition coefficient (Wildman–Crippen LogP) is 6.52. The number of nitrogens with zero attached hydrogens (tertiary/aromatic N) is 6. The van der Waals surface area contributed by atoms with Crippen molar-refractivity contribution in [3.8, 4) is 0 Å². The van der Waals surface area contributed by atoms with Crippen molar-refractivity contribution in [2.45, 2.75) is 66.8 Å². The van der Waals surface area contributed by atoms with Gasteiger partial charge >= 0.3 is 0 Å². The second-order valence-corrected chi connectivity index (χ2v) is 8.75. The van der Waals surface area contributed by atoms with Gasteiger partial charge in [-0.25, -0.2) is 18.5 Å². The molecule has 1 N–H and O–H groups in total. The van der Waals surface area contributed by atoms with E-state index in [0.29, 0.717) is 12.5 Å². The molecule has 0 spiro atoms. The van der Waals surface area contributed by atoms with Crippen LogP contribution in [0.2, 0.25) is 0 Å². The summed E-state index contributed by atoms with van der Waals surface area (Å²) in [5.74, 6) is 1.09. The Kier molecular flexibility index (Phi) is 12.0. The number of nitrogens with one attached hydrogen (secondary N) is 1. The normalized spacial score (nSPS) is 18.9. The Morgan fingerprint density at radius 3 is 2.69 bits per heavy atom. The van der Waals surface area contributed by atoms with Crippen LogP contribution in [0.5, 0.6) is 0 Å². The molecule has 0 unspecified atom stereocenters. The molecule has 0 amide bonds. The number of alkyl halides is 1. The average Bonchev–Trinajstić information content (AvgIpc) is 3.09. The second-order valence-electron chi connectivity index (χ2n) is 8.75. The smallest absolute Gasteiger partial charge is 0.246 e. The van der Waals surface area contributed by atoms with Crippen LogP contribution in [0.3, 0.4) is 0 Å². The molecular formula is C27H39F2N7. The topological polar surface area (TPSA) is 70.7 Å². The van der Waals surface area contributed by atoms with Crippen molar-refractivity contribution in [1.82, 2.24) is 19.8 Å². The standard InChI is InChI=1S/C24H31F2N7.C3H8/c1-5-20(8-6-12-25)21-9-7-13-32-23(14-21)30-24(31-32)29-17(2)10-11-22(19(4)26)33-15-18(3)27-16-28-33;1-3-2/h5-6,8,10-11,16,21H,4,7,9,12-15H2,1-3H3,(H,29,31);3H2,1-2H3/b8-6-,17-10+,20-5+,22-11+;/t21-;/m1./s1. The number of aliphatic imine (C=N–C) groups is 1. The summed E-state index contributed by atoms with van der Waals surface area (Å²) in [6.07, 6.45) is 14.2. The summed E-state index contributed by atoms with van der Waals surface area (Å²) in [5.41, 5.74) is 2.97. The van der Waals surface area contributed by atoms with Gasteiger partial charge in [-0.1, -0.05) is 45.1 Å². The van der Waals surface area contributed by atoms with Gasteiger partial charge in [0, 0.05) is 24.4 Å². The van der Waals surface area contributed by atoms with Crippen LogP contribution in [-0.2, 0) is 13.0 Å². The highest BCUT2D eigenvalue weighted by molar-refractivity contribution is 5.91. The third kappa shape index (κ3) is 8.70. The number of hydrogen-bond acceptors (Lipinski definition) is 6. The molecule has 0 bridgehead atoms. The van der Waals surface area contributed by atoms with Gasteiger partial charge in [0.15, 0.2) is 0 Å². The minimum Gasteiger partial charge on any atom is -0.327 e. The lowest BCUT2D eigenvalue weighted by Gasteiger charge is -2.22. The van der Waals surface area contributed by atoms with Crippen LogP contribution < -0.4 is 5.32 Å². The Morgan fingerprint density at radius 1 is 1.31 bits per heavy atom. The Labute approximate surface area is 213 Å². The molecule has 0 saturated heterocycles. The van der Waals surface area contributed by atoms with Crippen LogP contribution in [0, 0.1) is 5.92 Å². The van der Waals surface area contributed by atoms with Gasteiger partial charge in [0.25, 0.3) is 0 Å².